The number of carbonyl (C=O) groups excluding carboxylic acids is 1. The van der Waals surface area contributed by atoms with Crippen molar-refractivity contribution in [1.82, 2.24) is 9.88 Å². The predicted octanol–water partition coefficient (Wildman–Crippen LogP) is 5.84. The Labute approximate surface area is 202 Å². The summed E-state index contributed by atoms with van der Waals surface area (Å²) in [5.74, 6) is 0.650. The molecule has 1 aromatic heterocycles. The van der Waals surface area contributed by atoms with E-state index in [-0.39, 0.29) is 0 Å². The molecule has 1 unspecified atom stereocenters. The molecule has 0 saturated carbocycles. The fourth-order valence-corrected chi connectivity index (χ4v) is 3.73. The van der Waals surface area contributed by atoms with E-state index >= 15 is 0 Å². The third-order valence-corrected chi connectivity index (χ3v) is 5.71. The molecule has 3 rings (SSSR count). The molecule has 0 saturated heterocycles. The second-order valence-electron chi connectivity index (χ2n) is 7.51. The van der Waals surface area contributed by atoms with Crippen LogP contribution in [0.4, 0.5) is 11.5 Å². The van der Waals surface area contributed by atoms with Gasteiger partial charge in [0.25, 0.3) is 0 Å². The summed E-state index contributed by atoms with van der Waals surface area (Å²) in [7, 11) is 5.67. The van der Waals surface area contributed by atoms with Crippen molar-refractivity contribution in [3.63, 3.8) is 0 Å². The van der Waals surface area contributed by atoms with Gasteiger partial charge in [-0.05, 0) is 57.4 Å². The molecule has 2 aromatic carbocycles. The minimum atomic E-state index is -0.719. The summed E-state index contributed by atoms with van der Waals surface area (Å²) >= 11 is 19.1. The molecule has 0 spiro atoms. The second kappa shape index (κ2) is 10.6. The molecule has 3 aromatic rings. The van der Waals surface area contributed by atoms with Crippen molar-refractivity contribution < 1.29 is 14.3 Å². The Kier molecular flexibility index (Phi) is 8.06. The van der Waals surface area contributed by atoms with Gasteiger partial charge in [0, 0.05) is 35.1 Å². The van der Waals surface area contributed by atoms with Crippen molar-refractivity contribution in [2.75, 3.05) is 39.2 Å². The molecular weight excluding hydrogens is 473 g/mol. The highest BCUT2D eigenvalue weighted by Gasteiger charge is 2.18. The first kappa shape index (κ1) is 24.4. The number of likely N-dealkylation sites (N-methyl/N-ethyl adjacent to an activating group) is 1. The number of ether oxygens (including phenoxy) is 2. The lowest BCUT2D eigenvalue weighted by molar-refractivity contribution is -0.151. The number of nitrogens with zero attached hydrogens (tertiary/aromatic N) is 3. The largest absolute Gasteiger partial charge is 0.479 e. The van der Waals surface area contributed by atoms with Crippen LogP contribution in [0.5, 0.6) is 5.75 Å². The number of fused-ring (bicyclic) bond motifs is 1. The molecule has 0 aliphatic rings. The molecule has 1 atom stereocenters. The number of aromatic nitrogens is 1. The zero-order valence-corrected chi connectivity index (χ0v) is 20.5. The third-order valence-electron chi connectivity index (χ3n) is 4.81. The minimum absolute atomic E-state index is 0.315. The summed E-state index contributed by atoms with van der Waals surface area (Å²) in [6.07, 6.45) is -0.719. The average molecular weight is 497 g/mol. The minimum Gasteiger partial charge on any atom is -0.479 e. The van der Waals surface area contributed by atoms with Gasteiger partial charge in [-0.1, -0.05) is 40.9 Å². The summed E-state index contributed by atoms with van der Waals surface area (Å²) in [6.45, 7) is 2.63. The van der Waals surface area contributed by atoms with E-state index in [1.165, 1.54) is 0 Å². The monoisotopic (exact) mass is 495 g/mol. The van der Waals surface area contributed by atoms with Crippen LogP contribution in [0.1, 0.15) is 6.92 Å². The number of pyridine rings is 1. The summed E-state index contributed by atoms with van der Waals surface area (Å²) < 4.78 is 10.9. The molecule has 0 bridgehead atoms. The lowest BCUT2D eigenvalue weighted by atomic mass is 10.1. The van der Waals surface area contributed by atoms with Crippen molar-refractivity contribution in [3.05, 3.63) is 57.7 Å². The number of anilines is 2. The topological polar surface area (TPSA) is 54.9 Å². The first-order chi connectivity index (χ1) is 15.2. The van der Waals surface area contributed by atoms with Crippen molar-refractivity contribution in [1.29, 1.82) is 0 Å². The van der Waals surface area contributed by atoms with Crippen LogP contribution in [0.3, 0.4) is 0 Å². The normalized spacial score (nSPS) is 12.1. The van der Waals surface area contributed by atoms with E-state index in [2.05, 4.69) is 4.98 Å². The Bertz CT molecular complexity index is 1110. The smallest absolute Gasteiger partial charge is 0.347 e. The van der Waals surface area contributed by atoms with Crippen LogP contribution in [0.2, 0.25) is 15.2 Å². The quantitative estimate of drug-likeness (QED) is 0.289. The van der Waals surface area contributed by atoms with Crippen LogP contribution < -0.4 is 9.64 Å². The van der Waals surface area contributed by atoms with Gasteiger partial charge in [0.2, 0.25) is 0 Å². The molecule has 1 heterocycles. The van der Waals surface area contributed by atoms with E-state index in [0.717, 1.165) is 11.1 Å². The summed E-state index contributed by atoms with van der Waals surface area (Å²) in [5.41, 5.74) is 0.817. The molecule has 0 fully saturated rings. The average Bonchev–Trinajstić information content (AvgIpc) is 2.75. The number of halogens is 3. The molecule has 0 aliphatic heterocycles. The number of esters is 1. The van der Waals surface area contributed by atoms with E-state index in [4.69, 9.17) is 44.3 Å². The first-order valence-electron chi connectivity index (χ1n) is 9.93. The third kappa shape index (κ3) is 5.75. The molecule has 32 heavy (non-hydrogen) atoms. The van der Waals surface area contributed by atoms with Gasteiger partial charge in [-0.15, -0.1) is 0 Å². The molecule has 0 aliphatic carbocycles. The summed E-state index contributed by atoms with van der Waals surface area (Å²) in [4.78, 5) is 20.3. The molecule has 6 nitrogen and oxygen atoms in total. The van der Waals surface area contributed by atoms with Gasteiger partial charge in [0.15, 0.2) is 11.9 Å². The van der Waals surface area contributed by atoms with Crippen LogP contribution >= 0.6 is 34.8 Å². The number of hydrogen-bond acceptors (Lipinski definition) is 6. The zero-order valence-electron chi connectivity index (χ0n) is 18.2. The number of carbonyl (C=O) groups is 1. The Morgan fingerprint density at radius 2 is 1.72 bits per heavy atom. The number of hydrogen-bond donors (Lipinski definition) is 0. The van der Waals surface area contributed by atoms with Gasteiger partial charge < -0.3 is 19.3 Å². The number of benzene rings is 2. The van der Waals surface area contributed by atoms with Crippen molar-refractivity contribution in [2.24, 2.45) is 0 Å². The van der Waals surface area contributed by atoms with Crippen LogP contribution in [0.25, 0.3) is 10.8 Å². The summed E-state index contributed by atoms with van der Waals surface area (Å²) in [5, 5.41) is 2.80. The fourth-order valence-electron chi connectivity index (χ4n) is 2.99. The van der Waals surface area contributed by atoms with E-state index in [0.29, 0.717) is 45.3 Å². The van der Waals surface area contributed by atoms with E-state index in [1.54, 1.807) is 31.2 Å². The highest BCUT2D eigenvalue weighted by Crippen LogP contribution is 2.38. The van der Waals surface area contributed by atoms with Crippen molar-refractivity contribution in [3.8, 4) is 5.75 Å². The number of rotatable bonds is 8. The lowest BCUT2D eigenvalue weighted by Crippen LogP contribution is -2.29. The fraction of sp³-hybridized carbons (Fsp3) is 0.304. The van der Waals surface area contributed by atoms with E-state index in [1.807, 2.05) is 49.1 Å². The van der Waals surface area contributed by atoms with Gasteiger partial charge in [-0.2, -0.15) is 0 Å². The van der Waals surface area contributed by atoms with Gasteiger partial charge in [-0.25, -0.2) is 9.78 Å². The van der Waals surface area contributed by atoms with Gasteiger partial charge in [0.05, 0.1) is 5.02 Å². The Hall–Kier alpha value is -2.25. The van der Waals surface area contributed by atoms with Gasteiger partial charge in [-0.3, -0.25) is 0 Å². The maximum atomic E-state index is 12.1. The summed E-state index contributed by atoms with van der Waals surface area (Å²) in [6, 6.07) is 12.5. The highest BCUT2D eigenvalue weighted by molar-refractivity contribution is 6.42. The zero-order chi connectivity index (χ0) is 23.4. The molecular formula is C23H24Cl3N3O3. The van der Waals surface area contributed by atoms with E-state index < -0.39 is 12.1 Å². The Balaban J connectivity index is 1.73. The predicted molar refractivity (Wildman–Crippen MR) is 131 cm³/mol. The Morgan fingerprint density at radius 3 is 2.38 bits per heavy atom. The van der Waals surface area contributed by atoms with Gasteiger partial charge in [0.1, 0.15) is 17.5 Å². The SMILES string of the molecule is CC(Oc1ccc(N(C)c2nc(Cl)c3cc(Cl)ccc3c2Cl)cc1)C(=O)OCCN(C)C. The molecule has 9 heteroatoms. The van der Waals surface area contributed by atoms with E-state index in [9.17, 15) is 4.79 Å². The van der Waals surface area contributed by atoms with Crippen LogP contribution in [0, 0.1) is 0 Å². The maximum Gasteiger partial charge on any atom is 0.347 e. The molecule has 170 valence electrons. The molecule has 0 radical (unpaired) electrons. The van der Waals surface area contributed by atoms with Gasteiger partial charge >= 0.3 is 5.97 Å². The van der Waals surface area contributed by atoms with Crippen LogP contribution in [-0.2, 0) is 9.53 Å². The van der Waals surface area contributed by atoms with Crippen LogP contribution in [-0.4, -0.2) is 56.3 Å². The maximum absolute atomic E-state index is 12.1. The standard InChI is InChI=1S/C23H24Cl3N3O3/c1-14(23(30)31-12-11-28(2)3)32-17-8-6-16(7-9-17)29(4)22-20(25)18-10-5-15(24)13-19(18)21(26)27-22/h5-10,13-14H,11-12H2,1-4H3. The van der Waals surface area contributed by atoms with Crippen LogP contribution in [0.15, 0.2) is 42.5 Å². The Morgan fingerprint density at radius 1 is 1.03 bits per heavy atom. The molecule has 0 amide bonds. The first-order valence-corrected chi connectivity index (χ1v) is 11.1. The van der Waals surface area contributed by atoms with Crippen molar-refractivity contribution >= 4 is 63.0 Å². The van der Waals surface area contributed by atoms with Crippen molar-refractivity contribution in [2.45, 2.75) is 13.0 Å². The molecule has 0 N–H and O–H groups in total. The second-order valence-corrected chi connectivity index (χ2v) is 8.69. The highest BCUT2D eigenvalue weighted by atomic mass is 35.5. The lowest BCUT2D eigenvalue weighted by Gasteiger charge is -2.21.